The van der Waals surface area contributed by atoms with Gasteiger partial charge >= 0.3 is 0 Å². The zero-order valence-corrected chi connectivity index (χ0v) is 13.3. The van der Waals surface area contributed by atoms with E-state index in [0.29, 0.717) is 22.9 Å². The summed E-state index contributed by atoms with van der Waals surface area (Å²) < 4.78 is 1.61. The summed E-state index contributed by atoms with van der Waals surface area (Å²) in [6, 6.07) is 0.221. The molecule has 0 aliphatic rings. The number of fused-ring (bicyclic) bond motifs is 1. The van der Waals surface area contributed by atoms with Gasteiger partial charge in [-0.05, 0) is 20.0 Å². The number of aryl methyl sites for hydroxylation is 1. The molecule has 7 heteroatoms. The Balaban J connectivity index is 2.31. The van der Waals surface area contributed by atoms with Crippen LogP contribution in [-0.2, 0) is 7.05 Å². The van der Waals surface area contributed by atoms with E-state index in [4.69, 9.17) is 0 Å². The van der Waals surface area contributed by atoms with Crippen molar-refractivity contribution < 1.29 is 0 Å². The molecule has 21 heavy (non-hydrogen) atoms. The Morgan fingerprint density at radius 1 is 1.48 bits per heavy atom. The van der Waals surface area contributed by atoms with Crippen LogP contribution in [0, 0.1) is 5.92 Å². The van der Waals surface area contributed by atoms with Crippen molar-refractivity contribution in [3.63, 3.8) is 0 Å². The molecular formula is C14H24N6O. The maximum absolute atomic E-state index is 12.1. The first kappa shape index (κ1) is 15.5. The predicted molar refractivity (Wildman–Crippen MR) is 84.5 cm³/mol. The third kappa shape index (κ3) is 3.41. The van der Waals surface area contributed by atoms with Gasteiger partial charge in [-0.1, -0.05) is 20.3 Å². The van der Waals surface area contributed by atoms with Crippen molar-refractivity contribution >= 4 is 17.0 Å². The number of nitrogens with zero attached hydrogens (tertiary/aromatic N) is 4. The molecule has 0 aromatic carbocycles. The number of rotatable bonds is 6. The number of aromatic nitrogens is 4. The summed E-state index contributed by atoms with van der Waals surface area (Å²) in [5.41, 5.74) is 0.428. The van der Waals surface area contributed by atoms with Crippen molar-refractivity contribution in [1.82, 2.24) is 24.6 Å². The van der Waals surface area contributed by atoms with Gasteiger partial charge in [-0.15, -0.1) is 0 Å². The zero-order valence-electron chi connectivity index (χ0n) is 13.3. The minimum absolute atomic E-state index is 0.164. The Hall–Kier alpha value is -1.89. The summed E-state index contributed by atoms with van der Waals surface area (Å²) >= 11 is 0. The maximum atomic E-state index is 12.1. The Morgan fingerprint density at radius 3 is 2.81 bits per heavy atom. The van der Waals surface area contributed by atoms with E-state index in [1.165, 1.54) is 6.20 Å². The normalized spacial score (nSPS) is 14.6. The Labute approximate surface area is 124 Å². The van der Waals surface area contributed by atoms with Gasteiger partial charge in [0.15, 0.2) is 5.65 Å². The lowest BCUT2D eigenvalue weighted by Crippen LogP contribution is -2.38. The van der Waals surface area contributed by atoms with Crippen molar-refractivity contribution in [2.24, 2.45) is 13.0 Å². The van der Waals surface area contributed by atoms with Crippen LogP contribution in [0.25, 0.3) is 11.0 Å². The zero-order chi connectivity index (χ0) is 15.6. The SMILES string of the molecule is CC[C@H](C)[C@@H](CN(C)C)Nc1nc2c(cnn2C)c(=O)[nH]1. The molecule has 2 heterocycles. The van der Waals surface area contributed by atoms with Crippen LogP contribution in [0.15, 0.2) is 11.0 Å². The van der Waals surface area contributed by atoms with E-state index in [9.17, 15) is 4.79 Å². The Bertz CT molecular complexity index is 659. The molecular weight excluding hydrogens is 268 g/mol. The van der Waals surface area contributed by atoms with Gasteiger partial charge < -0.3 is 10.2 Å². The summed E-state index contributed by atoms with van der Waals surface area (Å²) in [5.74, 6) is 0.975. The molecule has 2 aromatic rings. The first-order valence-electron chi connectivity index (χ1n) is 7.25. The third-order valence-corrected chi connectivity index (χ3v) is 3.82. The van der Waals surface area contributed by atoms with Crippen LogP contribution in [0.1, 0.15) is 20.3 Å². The van der Waals surface area contributed by atoms with Crippen LogP contribution in [0.5, 0.6) is 0 Å². The first-order valence-corrected chi connectivity index (χ1v) is 7.25. The monoisotopic (exact) mass is 292 g/mol. The Kier molecular flexibility index (Phi) is 4.62. The van der Waals surface area contributed by atoms with Crippen LogP contribution in [-0.4, -0.2) is 51.3 Å². The lowest BCUT2D eigenvalue weighted by atomic mass is 9.99. The number of likely N-dealkylation sites (N-methyl/N-ethyl adjacent to an activating group) is 1. The molecule has 2 N–H and O–H groups in total. The second-order valence-electron chi connectivity index (χ2n) is 5.82. The molecule has 0 fully saturated rings. The topological polar surface area (TPSA) is 78.8 Å². The highest BCUT2D eigenvalue weighted by atomic mass is 16.1. The van der Waals surface area contributed by atoms with Gasteiger partial charge in [0.05, 0.1) is 6.20 Å². The summed E-state index contributed by atoms with van der Waals surface area (Å²) in [7, 11) is 5.86. The molecule has 0 saturated heterocycles. The molecule has 0 unspecified atom stereocenters. The van der Waals surface area contributed by atoms with Gasteiger partial charge in [0.1, 0.15) is 5.39 Å². The van der Waals surface area contributed by atoms with Gasteiger partial charge in [-0.25, -0.2) is 0 Å². The van der Waals surface area contributed by atoms with Crippen LogP contribution in [0.4, 0.5) is 5.95 Å². The highest BCUT2D eigenvalue weighted by Crippen LogP contribution is 2.14. The lowest BCUT2D eigenvalue weighted by Gasteiger charge is -2.27. The molecule has 116 valence electrons. The Morgan fingerprint density at radius 2 is 2.19 bits per heavy atom. The van der Waals surface area contributed by atoms with Gasteiger partial charge in [-0.2, -0.15) is 10.1 Å². The highest BCUT2D eigenvalue weighted by Gasteiger charge is 2.18. The van der Waals surface area contributed by atoms with Crippen LogP contribution in [0.3, 0.4) is 0 Å². The minimum atomic E-state index is -0.164. The second kappa shape index (κ2) is 6.26. The van der Waals surface area contributed by atoms with Gasteiger partial charge in [0, 0.05) is 19.6 Å². The molecule has 0 aliphatic carbocycles. The average Bonchev–Trinajstić information content (AvgIpc) is 2.79. The molecule has 0 bridgehead atoms. The number of hydrogen-bond acceptors (Lipinski definition) is 5. The van der Waals surface area contributed by atoms with E-state index < -0.39 is 0 Å². The average molecular weight is 292 g/mol. The van der Waals surface area contributed by atoms with Crippen molar-refractivity contribution in [2.45, 2.75) is 26.3 Å². The second-order valence-corrected chi connectivity index (χ2v) is 5.82. The van der Waals surface area contributed by atoms with Gasteiger partial charge in [0.25, 0.3) is 5.56 Å². The van der Waals surface area contributed by atoms with Crippen molar-refractivity contribution in [3.05, 3.63) is 16.6 Å². The minimum Gasteiger partial charge on any atom is -0.351 e. The molecule has 7 nitrogen and oxygen atoms in total. The number of anilines is 1. The van der Waals surface area contributed by atoms with E-state index >= 15 is 0 Å². The summed E-state index contributed by atoms with van der Waals surface area (Å²) in [6.45, 7) is 5.24. The van der Waals surface area contributed by atoms with E-state index in [0.717, 1.165) is 13.0 Å². The molecule has 0 spiro atoms. The number of aromatic amines is 1. The van der Waals surface area contributed by atoms with Crippen molar-refractivity contribution in [3.8, 4) is 0 Å². The van der Waals surface area contributed by atoms with E-state index in [1.54, 1.807) is 11.7 Å². The maximum Gasteiger partial charge on any atom is 0.263 e. The van der Waals surface area contributed by atoms with Gasteiger partial charge in [-0.3, -0.25) is 14.5 Å². The molecule has 0 amide bonds. The van der Waals surface area contributed by atoms with Crippen LogP contribution >= 0.6 is 0 Å². The number of nitrogens with one attached hydrogen (secondary N) is 2. The van der Waals surface area contributed by atoms with Crippen molar-refractivity contribution in [2.75, 3.05) is 26.0 Å². The molecule has 0 aliphatic heterocycles. The van der Waals surface area contributed by atoms with E-state index in [1.807, 2.05) is 14.1 Å². The van der Waals surface area contributed by atoms with Crippen LogP contribution < -0.4 is 10.9 Å². The first-order chi connectivity index (χ1) is 9.92. The highest BCUT2D eigenvalue weighted by molar-refractivity contribution is 5.74. The third-order valence-electron chi connectivity index (χ3n) is 3.82. The molecule has 2 rings (SSSR count). The standard InChI is InChI=1S/C14H24N6O/c1-6-9(2)11(8-19(3)4)16-14-17-12-10(13(21)18-14)7-15-20(12)5/h7,9,11H,6,8H2,1-5H3,(H2,16,17,18,21)/t9-,11+/m0/s1. The molecule has 0 saturated carbocycles. The van der Waals surface area contributed by atoms with E-state index in [2.05, 4.69) is 39.1 Å². The summed E-state index contributed by atoms with van der Waals surface area (Å²) in [5, 5.41) is 7.95. The fourth-order valence-corrected chi connectivity index (χ4v) is 2.32. The lowest BCUT2D eigenvalue weighted by molar-refractivity contribution is 0.329. The fourth-order valence-electron chi connectivity index (χ4n) is 2.32. The quantitative estimate of drug-likeness (QED) is 0.832. The fraction of sp³-hybridized carbons (Fsp3) is 0.643. The molecule has 0 radical (unpaired) electrons. The van der Waals surface area contributed by atoms with E-state index in [-0.39, 0.29) is 11.6 Å². The van der Waals surface area contributed by atoms with Gasteiger partial charge in [0.2, 0.25) is 5.95 Å². The number of hydrogen-bond donors (Lipinski definition) is 2. The number of H-pyrrole nitrogens is 1. The van der Waals surface area contributed by atoms with Crippen molar-refractivity contribution in [1.29, 1.82) is 0 Å². The smallest absolute Gasteiger partial charge is 0.263 e. The molecule has 2 aromatic heterocycles. The van der Waals surface area contributed by atoms with Crippen LogP contribution in [0.2, 0.25) is 0 Å². The largest absolute Gasteiger partial charge is 0.351 e. The molecule has 2 atom stereocenters. The predicted octanol–water partition coefficient (Wildman–Crippen LogP) is 1.04. The summed E-state index contributed by atoms with van der Waals surface area (Å²) in [6.07, 6.45) is 2.60. The summed E-state index contributed by atoms with van der Waals surface area (Å²) in [4.78, 5) is 21.5.